The average Bonchev–Trinajstić information content (AvgIpc) is 3.10. The summed E-state index contributed by atoms with van der Waals surface area (Å²) in [7, 11) is 0. The van der Waals surface area contributed by atoms with Crippen LogP contribution in [0.15, 0.2) is 0 Å². The molecule has 5 heteroatoms. The number of piperidine rings is 1. The molecule has 5 nitrogen and oxygen atoms in total. The number of carbonyl (C=O) groups is 2. The number of rotatable bonds is 6. The Kier molecular flexibility index (Phi) is 4.48. The number of hydrogen-bond acceptors (Lipinski definition) is 3. The number of amides is 2. The highest BCUT2D eigenvalue weighted by Crippen LogP contribution is 2.58. The van der Waals surface area contributed by atoms with E-state index in [4.69, 9.17) is 0 Å². The fraction of sp³-hybridized carbons (Fsp3) is 0.875. The maximum atomic E-state index is 12.1. The van der Waals surface area contributed by atoms with Crippen molar-refractivity contribution >= 4 is 11.8 Å². The minimum absolute atomic E-state index is 0.198. The Bertz CT molecular complexity index is 400. The van der Waals surface area contributed by atoms with Gasteiger partial charge in [-0.1, -0.05) is 6.42 Å². The van der Waals surface area contributed by atoms with E-state index < -0.39 is 0 Å². The molecule has 2 saturated carbocycles. The van der Waals surface area contributed by atoms with Gasteiger partial charge in [-0.15, -0.1) is 0 Å². The van der Waals surface area contributed by atoms with Gasteiger partial charge in [-0.2, -0.15) is 0 Å². The SMILES string of the molecule is O=C(NCCCNC(=O)C1CC12CCNCC2)C1CCC1. The Balaban J connectivity index is 1.26. The maximum Gasteiger partial charge on any atom is 0.223 e. The molecule has 21 heavy (non-hydrogen) atoms. The van der Waals surface area contributed by atoms with Crippen LogP contribution in [0.3, 0.4) is 0 Å². The van der Waals surface area contributed by atoms with Gasteiger partial charge < -0.3 is 16.0 Å². The van der Waals surface area contributed by atoms with Crippen LogP contribution in [0.25, 0.3) is 0 Å². The topological polar surface area (TPSA) is 70.2 Å². The molecular formula is C16H27N3O2. The molecular weight excluding hydrogens is 266 g/mol. The first-order valence-corrected chi connectivity index (χ1v) is 8.47. The zero-order valence-electron chi connectivity index (χ0n) is 12.7. The lowest BCUT2D eigenvalue weighted by Gasteiger charge is -2.24. The van der Waals surface area contributed by atoms with Gasteiger partial charge in [-0.25, -0.2) is 0 Å². The van der Waals surface area contributed by atoms with E-state index in [-0.39, 0.29) is 23.7 Å². The summed E-state index contributed by atoms with van der Waals surface area (Å²) in [6.45, 7) is 3.46. The molecule has 3 fully saturated rings. The summed E-state index contributed by atoms with van der Waals surface area (Å²) < 4.78 is 0. The molecule has 0 radical (unpaired) electrons. The quantitative estimate of drug-likeness (QED) is 0.634. The standard InChI is InChI=1S/C16H27N3O2/c20-14(12-3-1-4-12)18-7-2-8-19-15(21)13-11-16(13)5-9-17-10-6-16/h12-13,17H,1-11H2,(H,18,20)(H,19,21). The van der Waals surface area contributed by atoms with Crippen molar-refractivity contribution < 1.29 is 9.59 Å². The summed E-state index contributed by atoms with van der Waals surface area (Å²) in [6, 6.07) is 0. The third-order valence-corrected chi connectivity index (χ3v) is 5.53. The highest BCUT2D eigenvalue weighted by molar-refractivity contribution is 5.82. The van der Waals surface area contributed by atoms with E-state index in [2.05, 4.69) is 16.0 Å². The third kappa shape index (κ3) is 3.39. The van der Waals surface area contributed by atoms with E-state index in [9.17, 15) is 9.59 Å². The highest BCUT2D eigenvalue weighted by atomic mass is 16.2. The molecule has 118 valence electrons. The van der Waals surface area contributed by atoms with Gasteiger partial charge >= 0.3 is 0 Å². The van der Waals surface area contributed by atoms with E-state index in [1.54, 1.807) is 0 Å². The van der Waals surface area contributed by atoms with Gasteiger partial charge in [0, 0.05) is 24.9 Å². The van der Waals surface area contributed by atoms with Crippen molar-refractivity contribution in [1.29, 1.82) is 0 Å². The molecule has 1 aliphatic heterocycles. The smallest absolute Gasteiger partial charge is 0.223 e. The van der Waals surface area contributed by atoms with Gasteiger partial charge in [-0.05, 0) is 57.0 Å². The van der Waals surface area contributed by atoms with Crippen molar-refractivity contribution in [3.63, 3.8) is 0 Å². The fourth-order valence-electron chi connectivity index (χ4n) is 3.65. The summed E-state index contributed by atoms with van der Waals surface area (Å²) in [6.07, 6.45) is 7.45. The second-order valence-corrected chi connectivity index (χ2v) is 6.93. The third-order valence-electron chi connectivity index (χ3n) is 5.53. The van der Waals surface area contributed by atoms with Crippen molar-refractivity contribution in [1.82, 2.24) is 16.0 Å². The zero-order valence-corrected chi connectivity index (χ0v) is 12.7. The van der Waals surface area contributed by atoms with Crippen LogP contribution >= 0.6 is 0 Å². The normalized spacial score (nSPS) is 27.0. The van der Waals surface area contributed by atoms with Crippen molar-refractivity contribution in [3.8, 4) is 0 Å². The second-order valence-electron chi connectivity index (χ2n) is 6.93. The molecule has 1 atom stereocenters. The Morgan fingerprint density at radius 1 is 1.05 bits per heavy atom. The van der Waals surface area contributed by atoms with Gasteiger partial charge in [-0.3, -0.25) is 9.59 Å². The molecule has 2 amide bonds. The molecule has 0 bridgehead atoms. The summed E-state index contributed by atoms with van der Waals surface area (Å²) in [4.78, 5) is 23.8. The lowest BCUT2D eigenvalue weighted by atomic mass is 9.85. The van der Waals surface area contributed by atoms with E-state index >= 15 is 0 Å². The van der Waals surface area contributed by atoms with Gasteiger partial charge in [0.05, 0.1) is 0 Å². The largest absolute Gasteiger partial charge is 0.356 e. The van der Waals surface area contributed by atoms with Gasteiger partial charge in [0.25, 0.3) is 0 Å². The lowest BCUT2D eigenvalue weighted by Crippen LogP contribution is -2.37. The zero-order chi connectivity index (χ0) is 14.7. The minimum Gasteiger partial charge on any atom is -0.356 e. The average molecular weight is 293 g/mol. The van der Waals surface area contributed by atoms with E-state index in [1.807, 2.05) is 0 Å². The first-order valence-electron chi connectivity index (χ1n) is 8.47. The van der Waals surface area contributed by atoms with Crippen molar-refractivity contribution in [2.45, 2.75) is 44.9 Å². The Hall–Kier alpha value is -1.10. The summed E-state index contributed by atoms with van der Waals surface area (Å²) in [5.41, 5.74) is 0.313. The van der Waals surface area contributed by atoms with Crippen LogP contribution < -0.4 is 16.0 Å². The fourth-order valence-corrected chi connectivity index (χ4v) is 3.65. The first-order chi connectivity index (χ1) is 10.2. The molecule has 1 heterocycles. The molecule has 3 rings (SSSR count). The highest BCUT2D eigenvalue weighted by Gasteiger charge is 2.57. The second kappa shape index (κ2) is 6.34. The van der Waals surface area contributed by atoms with Crippen molar-refractivity contribution in [2.75, 3.05) is 26.2 Å². The van der Waals surface area contributed by atoms with Gasteiger partial charge in [0.1, 0.15) is 0 Å². The van der Waals surface area contributed by atoms with Crippen molar-refractivity contribution in [2.24, 2.45) is 17.3 Å². The molecule has 0 aromatic heterocycles. The molecule has 1 saturated heterocycles. The van der Waals surface area contributed by atoms with Crippen LogP contribution in [-0.4, -0.2) is 38.0 Å². The van der Waals surface area contributed by atoms with Crippen LogP contribution in [0.4, 0.5) is 0 Å². The molecule has 3 N–H and O–H groups in total. The maximum absolute atomic E-state index is 12.1. The molecule has 1 spiro atoms. The predicted molar refractivity (Wildman–Crippen MR) is 80.6 cm³/mol. The molecule has 0 aromatic rings. The van der Waals surface area contributed by atoms with E-state index in [1.165, 1.54) is 6.42 Å². The van der Waals surface area contributed by atoms with Crippen molar-refractivity contribution in [3.05, 3.63) is 0 Å². The van der Waals surface area contributed by atoms with Gasteiger partial charge in [0.2, 0.25) is 11.8 Å². The van der Waals surface area contributed by atoms with Crippen LogP contribution in [0.1, 0.15) is 44.9 Å². The van der Waals surface area contributed by atoms with E-state index in [0.717, 1.165) is 51.6 Å². The number of hydrogen-bond donors (Lipinski definition) is 3. The Morgan fingerprint density at radius 3 is 2.33 bits per heavy atom. The predicted octanol–water partition coefficient (Wildman–Crippen LogP) is 0.799. The van der Waals surface area contributed by atoms with Crippen LogP contribution in [0.5, 0.6) is 0 Å². The minimum atomic E-state index is 0.198. The van der Waals surface area contributed by atoms with Gasteiger partial charge in [0.15, 0.2) is 0 Å². The number of nitrogens with one attached hydrogen (secondary N) is 3. The lowest BCUT2D eigenvalue weighted by molar-refractivity contribution is -0.127. The molecule has 2 aliphatic carbocycles. The summed E-state index contributed by atoms with van der Waals surface area (Å²) in [5, 5.41) is 9.36. The van der Waals surface area contributed by atoms with Crippen LogP contribution in [0.2, 0.25) is 0 Å². The molecule has 0 aromatic carbocycles. The van der Waals surface area contributed by atoms with Crippen LogP contribution in [0, 0.1) is 17.3 Å². The summed E-state index contributed by atoms with van der Waals surface area (Å²) in [5.74, 6) is 0.917. The monoisotopic (exact) mass is 293 g/mol. The summed E-state index contributed by atoms with van der Waals surface area (Å²) >= 11 is 0. The van der Waals surface area contributed by atoms with Crippen LogP contribution in [-0.2, 0) is 9.59 Å². The Morgan fingerprint density at radius 2 is 1.71 bits per heavy atom. The number of carbonyl (C=O) groups excluding carboxylic acids is 2. The first kappa shape index (κ1) is 14.8. The molecule has 3 aliphatic rings. The van der Waals surface area contributed by atoms with E-state index in [0.29, 0.717) is 18.5 Å². The molecule has 1 unspecified atom stereocenters. The Labute approximate surface area is 126 Å².